The van der Waals surface area contributed by atoms with Crippen molar-refractivity contribution in [2.24, 2.45) is 5.92 Å². The van der Waals surface area contributed by atoms with Crippen LogP contribution in [0, 0.1) is 5.92 Å². The molecular formula is C14H20O4. The SMILES string of the molecule is CCC(C)CC(C(=O)O)c1ccc(O)c(OC)c1. The summed E-state index contributed by atoms with van der Waals surface area (Å²) in [6, 6.07) is 4.70. The first-order chi connectivity index (χ1) is 8.49. The third-order valence-corrected chi connectivity index (χ3v) is 3.24. The second-order valence-electron chi connectivity index (χ2n) is 4.57. The summed E-state index contributed by atoms with van der Waals surface area (Å²) in [5.74, 6) is -0.736. The number of hydrogen-bond donors (Lipinski definition) is 2. The normalized spacial score (nSPS) is 13.9. The van der Waals surface area contributed by atoms with E-state index in [2.05, 4.69) is 0 Å². The Morgan fingerprint density at radius 1 is 1.44 bits per heavy atom. The summed E-state index contributed by atoms with van der Waals surface area (Å²) in [4.78, 5) is 11.3. The molecule has 0 aliphatic carbocycles. The fourth-order valence-electron chi connectivity index (χ4n) is 1.86. The molecule has 1 aromatic carbocycles. The predicted octanol–water partition coefficient (Wildman–Crippen LogP) is 3.01. The molecule has 0 heterocycles. The molecule has 100 valence electrons. The van der Waals surface area contributed by atoms with Crippen LogP contribution in [0.4, 0.5) is 0 Å². The molecule has 2 atom stereocenters. The number of phenolic OH excluding ortho intramolecular Hbond substituents is 1. The van der Waals surface area contributed by atoms with Crippen LogP contribution in [0.3, 0.4) is 0 Å². The molecule has 4 heteroatoms. The minimum atomic E-state index is -0.844. The minimum absolute atomic E-state index is 0.0222. The fourth-order valence-corrected chi connectivity index (χ4v) is 1.86. The number of carboxylic acid groups (broad SMARTS) is 1. The Hall–Kier alpha value is -1.71. The molecule has 2 unspecified atom stereocenters. The molecule has 0 aromatic heterocycles. The van der Waals surface area contributed by atoms with Gasteiger partial charge < -0.3 is 14.9 Å². The van der Waals surface area contributed by atoms with Gasteiger partial charge in [0.1, 0.15) is 0 Å². The molecule has 0 aliphatic heterocycles. The van der Waals surface area contributed by atoms with Gasteiger partial charge in [0.05, 0.1) is 13.0 Å². The zero-order chi connectivity index (χ0) is 13.7. The number of aliphatic carboxylic acids is 1. The largest absolute Gasteiger partial charge is 0.504 e. The molecule has 0 saturated carbocycles. The highest BCUT2D eigenvalue weighted by Crippen LogP contribution is 2.32. The van der Waals surface area contributed by atoms with Crippen molar-refractivity contribution in [3.63, 3.8) is 0 Å². The van der Waals surface area contributed by atoms with Crippen LogP contribution in [0.25, 0.3) is 0 Å². The number of carboxylic acids is 1. The van der Waals surface area contributed by atoms with Crippen LogP contribution >= 0.6 is 0 Å². The van der Waals surface area contributed by atoms with Crippen molar-refractivity contribution in [3.05, 3.63) is 23.8 Å². The third-order valence-electron chi connectivity index (χ3n) is 3.24. The summed E-state index contributed by atoms with van der Waals surface area (Å²) in [7, 11) is 1.45. The quantitative estimate of drug-likeness (QED) is 0.816. The van der Waals surface area contributed by atoms with E-state index in [1.165, 1.54) is 13.2 Å². The number of rotatable bonds is 6. The van der Waals surface area contributed by atoms with Crippen LogP contribution in [0.2, 0.25) is 0 Å². The fraction of sp³-hybridized carbons (Fsp3) is 0.500. The first-order valence-electron chi connectivity index (χ1n) is 6.09. The van der Waals surface area contributed by atoms with Crippen LogP contribution in [0.15, 0.2) is 18.2 Å². The average Bonchev–Trinajstić information content (AvgIpc) is 2.36. The van der Waals surface area contributed by atoms with Gasteiger partial charge in [-0.15, -0.1) is 0 Å². The molecule has 0 aliphatic rings. The summed E-state index contributed by atoms with van der Waals surface area (Å²) in [6.07, 6.45) is 1.53. The number of carbonyl (C=O) groups is 1. The van der Waals surface area contributed by atoms with E-state index in [9.17, 15) is 15.0 Å². The van der Waals surface area contributed by atoms with E-state index in [0.29, 0.717) is 23.7 Å². The van der Waals surface area contributed by atoms with Gasteiger partial charge in [0.2, 0.25) is 0 Å². The van der Waals surface area contributed by atoms with Crippen molar-refractivity contribution in [1.29, 1.82) is 0 Å². The van der Waals surface area contributed by atoms with Crippen molar-refractivity contribution in [1.82, 2.24) is 0 Å². The van der Waals surface area contributed by atoms with Crippen LogP contribution in [0.5, 0.6) is 11.5 Å². The maximum atomic E-state index is 11.3. The molecule has 0 bridgehead atoms. The lowest BCUT2D eigenvalue weighted by molar-refractivity contribution is -0.139. The lowest BCUT2D eigenvalue weighted by Crippen LogP contribution is -2.14. The third kappa shape index (κ3) is 3.39. The number of phenols is 1. The average molecular weight is 252 g/mol. The summed E-state index contributed by atoms with van der Waals surface area (Å²) in [5, 5.41) is 18.8. The van der Waals surface area contributed by atoms with Crippen LogP contribution in [-0.2, 0) is 4.79 Å². The van der Waals surface area contributed by atoms with Crippen molar-refractivity contribution in [3.8, 4) is 11.5 Å². The van der Waals surface area contributed by atoms with E-state index in [1.54, 1.807) is 12.1 Å². The second kappa shape index (κ2) is 6.28. The molecule has 18 heavy (non-hydrogen) atoms. The molecule has 4 nitrogen and oxygen atoms in total. The van der Waals surface area contributed by atoms with E-state index >= 15 is 0 Å². The lowest BCUT2D eigenvalue weighted by atomic mass is 9.88. The Labute approximate surface area is 107 Å². The van der Waals surface area contributed by atoms with Gasteiger partial charge in [-0.3, -0.25) is 4.79 Å². The maximum absolute atomic E-state index is 11.3. The first-order valence-corrected chi connectivity index (χ1v) is 6.09. The molecule has 0 amide bonds. The highest BCUT2D eigenvalue weighted by atomic mass is 16.5. The monoisotopic (exact) mass is 252 g/mol. The van der Waals surface area contributed by atoms with Crippen molar-refractivity contribution >= 4 is 5.97 Å². The van der Waals surface area contributed by atoms with Gasteiger partial charge in [-0.1, -0.05) is 26.3 Å². The topological polar surface area (TPSA) is 66.8 Å². The van der Waals surface area contributed by atoms with Gasteiger partial charge in [0.15, 0.2) is 11.5 Å². The maximum Gasteiger partial charge on any atom is 0.310 e. The standard InChI is InChI=1S/C14H20O4/c1-4-9(2)7-11(14(16)17)10-5-6-12(15)13(8-10)18-3/h5-6,8-9,11,15H,4,7H2,1-3H3,(H,16,17). The van der Waals surface area contributed by atoms with E-state index < -0.39 is 11.9 Å². The van der Waals surface area contributed by atoms with Gasteiger partial charge in [-0.2, -0.15) is 0 Å². The lowest BCUT2D eigenvalue weighted by Gasteiger charge is -2.17. The molecule has 1 rings (SSSR count). The number of methoxy groups -OCH3 is 1. The van der Waals surface area contributed by atoms with Crippen LogP contribution in [0.1, 0.15) is 38.2 Å². The zero-order valence-electron chi connectivity index (χ0n) is 11.0. The van der Waals surface area contributed by atoms with Crippen LogP contribution < -0.4 is 4.74 Å². The molecule has 0 radical (unpaired) electrons. The minimum Gasteiger partial charge on any atom is -0.504 e. The molecule has 0 fully saturated rings. The predicted molar refractivity (Wildman–Crippen MR) is 69.1 cm³/mol. The Bertz CT molecular complexity index is 414. The summed E-state index contributed by atoms with van der Waals surface area (Å²) < 4.78 is 5.00. The number of hydrogen-bond acceptors (Lipinski definition) is 3. The molecule has 1 aromatic rings. The van der Waals surface area contributed by atoms with Crippen molar-refractivity contribution in [2.75, 3.05) is 7.11 Å². The van der Waals surface area contributed by atoms with Gasteiger partial charge in [0.25, 0.3) is 0 Å². The Kier molecular flexibility index (Phi) is 5.01. The van der Waals surface area contributed by atoms with Gasteiger partial charge in [-0.25, -0.2) is 0 Å². The summed E-state index contributed by atoms with van der Waals surface area (Å²) in [6.45, 7) is 4.08. The first kappa shape index (κ1) is 14.4. The molecule has 0 spiro atoms. The van der Waals surface area contributed by atoms with Gasteiger partial charge >= 0.3 is 5.97 Å². The van der Waals surface area contributed by atoms with Crippen molar-refractivity contribution in [2.45, 2.75) is 32.6 Å². The number of aromatic hydroxyl groups is 1. The Balaban J connectivity index is 3.02. The van der Waals surface area contributed by atoms with E-state index in [-0.39, 0.29) is 5.75 Å². The van der Waals surface area contributed by atoms with E-state index in [0.717, 1.165) is 6.42 Å². The number of ether oxygens (including phenoxy) is 1. The smallest absolute Gasteiger partial charge is 0.310 e. The molecule has 2 N–H and O–H groups in total. The molecular weight excluding hydrogens is 232 g/mol. The number of benzene rings is 1. The van der Waals surface area contributed by atoms with E-state index in [1.807, 2.05) is 13.8 Å². The summed E-state index contributed by atoms with van der Waals surface area (Å²) >= 11 is 0. The van der Waals surface area contributed by atoms with Crippen LogP contribution in [-0.4, -0.2) is 23.3 Å². The Morgan fingerprint density at radius 3 is 2.61 bits per heavy atom. The zero-order valence-corrected chi connectivity index (χ0v) is 11.0. The molecule has 0 saturated heterocycles. The van der Waals surface area contributed by atoms with E-state index in [4.69, 9.17) is 4.74 Å². The summed E-state index contributed by atoms with van der Waals surface area (Å²) in [5.41, 5.74) is 0.664. The van der Waals surface area contributed by atoms with Gasteiger partial charge in [0, 0.05) is 0 Å². The Morgan fingerprint density at radius 2 is 2.11 bits per heavy atom. The highest BCUT2D eigenvalue weighted by molar-refractivity contribution is 5.76. The van der Waals surface area contributed by atoms with Crippen molar-refractivity contribution < 1.29 is 19.7 Å². The second-order valence-corrected chi connectivity index (χ2v) is 4.57. The van der Waals surface area contributed by atoms with Gasteiger partial charge in [-0.05, 0) is 30.0 Å². The highest BCUT2D eigenvalue weighted by Gasteiger charge is 2.23.